The molecular formula is C16H14N2O3S. The molecule has 3 rings (SSSR count). The molecule has 0 fully saturated rings. The van der Waals surface area contributed by atoms with Crippen molar-refractivity contribution in [3.63, 3.8) is 0 Å². The molecule has 0 atom stereocenters. The van der Waals surface area contributed by atoms with Crippen LogP contribution in [0.25, 0.3) is 10.6 Å². The third kappa shape index (κ3) is 2.14. The molecule has 22 heavy (non-hydrogen) atoms. The Kier molecular flexibility index (Phi) is 3.18. The van der Waals surface area contributed by atoms with E-state index in [0.29, 0.717) is 28.6 Å². The summed E-state index contributed by atoms with van der Waals surface area (Å²) in [5, 5.41) is 19.1. The maximum Gasteiger partial charge on any atom is 0.347 e. The summed E-state index contributed by atoms with van der Waals surface area (Å²) in [4.78, 5) is 15.7. The van der Waals surface area contributed by atoms with Crippen molar-refractivity contribution in [2.75, 3.05) is 6.61 Å². The minimum Gasteiger partial charge on any atom is -0.491 e. The summed E-state index contributed by atoms with van der Waals surface area (Å²) in [6, 6.07) is 5.82. The van der Waals surface area contributed by atoms with Crippen LogP contribution in [0.15, 0.2) is 12.1 Å². The van der Waals surface area contributed by atoms with E-state index in [1.807, 2.05) is 6.07 Å². The van der Waals surface area contributed by atoms with Crippen LogP contribution < -0.4 is 4.74 Å². The van der Waals surface area contributed by atoms with Crippen LogP contribution in [0, 0.1) is 18.3 Å². The third-order valence-electron chi connectivity index (χ3n) is 3.75. The Morgan fingerprint density at radius 1 is 1.50 bits per heavy atom. The quantitative estimate of drug-likeness (QED) is 0.919. The molecule has 1 aliphatic rings. The van der Waals surface area contributed by atoms with Crippen LogP contribution in [0.4, 0.5) is 0 Å². The first kappa shape index (κ1) is 14.5. The molecule has 0 bridgehead atoms. The maximum atomic E-state index is 11.2. The normalized spacial score (nSPS) is 15.0. The van der Waals surface area contributed by atoms with Crippen LogP contribution in [-0.2, 0) is 5.41 Å². The fraction of sp³-hybridized carbons (Fsp3) is 0.312. The molecule has 0 amide bonds. The van der Waals surface area contributed by atoms with Gasteiger partial charge in [0.05, 0.1) is 17.9 Å². The first-order chi connectivity index (χ1) is 10.3. The molecule has 1 aromatic carbocycles. The van der Waals surface area contributed by atoms with Crippen LogP contribution in [-0.4, -0.2) is 22.7 Å². The van der Waals surface area contributed by atoms with E-state index in [1.54, 1.807) is 13.0 Å². The number of carboxylic acids is 1. The maximum absolute atomic E-state index is 11.2. The molecule has 0 radical (unpaired) electrons. The Morgan fingerprint density at radius 3 is 2.82 bits per heavy atom. The average molecular weight is 314 g/mol. The van der Waals surface area contributed by atoms with Gasteiger partial charge in [0.2, 0.25) is 0 Å². The van der Waals surface area contributed by atoms with Crippen LogP contribution in [0.1, 0.15) is 40.3 Å². The first-order valence-electron chi connectivity index (χ1n) is 6.76. The summed E-state index contributed by atoms with van der Waals surface area (Å²) >= 11 is 1.12. The highest BCUT2D eigenvalue weighted by Crippen LogP contribution is 2.43. The first-order valence-corrected chi connectivity index (χ1v) is 7.57. The van der Waals surface area contributed by atoms with E-state index >= 15 is 0 Å². The fourth-order valence-corrected chi connectivity index (χ4v) is 3.43. The summed E-state index contributed by atoms with van der Waals surface area (Å²) in [5.41, 5.74) is 2.49. The second-order valence-corrected chi connectivity index (χ2v) is 6.92. The van der Waals surface area contributed by atoms with Gasteiger partial charge in [0.25, 0.3) is 0 Å². The molecule has 1 aromatic heterocycles. The highest BCUT2D eigenvalue weighted by molar-refractivity contribution is 7.17. The molecule has 2 heterocycles. The van der Waals surface area contributed by atoms with Gasteiger partial charge in [0.1, 0.15) is 21.7 Å². The van der Waals surface area contributed by atoms with Gasteiger partial charge in [-0.05, 0) is 19.1 Å². The highest BCUT2D eigenvalue weighted by atomic mass is 32.1. The zero-order valence-corrected chi connectivity index (χ0v) is 13.2. The Hall–Kier alpha value is -2.39. The summed E-state index contributed by atoms with van der Waals surface area (Å²) in [5.74, 6) is -0.352. The lowest BCUT2D eigenvalue weighted by Crippen LogP contribution is -2.18. The van der Waals surface area contributed by atoms with Crippen molar-refractivity contribution in [2.45, 2.75) is 26.2 Å². The van der Waals surface area contributed by atoms with E-state index < -0.39 is 5.97 Å². The number of hydrogen-bond donors (Lipinski definition) is 1. The lowest BCUT2D eigenvalue weighted by molar-refractivity contribution is 0.0701. The average Bonchev–Trinajstić information content (AvgIpc) is 2.99. The number of rotatable bonds is 2. The van der Waals surface area contributed by atoms with Gasteiger partial charge >= 0.3 is 5.97 Å². The second-order valence-electron chi connectivity index (χ2n) is 5.92. The number of fused-ring (bicyclic) bond motifs is 1. The molecule has 6 heteroatoms. The molecule has 112 valence electrons. The topological polar surface area (TPSA) is 83.2 Å². The van der Waals surface area contributed by atoms with Crippen molar-refractivity contribution in [2.24, 2.45) is 0 Å². The molecule has 1 N–H and O–H groups in total. The minimum atomic E-state index is -0.980. The number of aromatic nitrogens is 1. The number of carboxylic acid groups (broad SMARTS) is 1. The minimum absolute atomic E-state index is 0.182. The van der Waals surface area contributed by atoms with Crippen molar-refractivity contribution in [1.82, 2.24) is 4.98 Å². The van der Waals surface area contributed by atoms with Gasteiger partial charge in [0.15, 0.2) is 0 Å². The number of aromatic carboxylic acids is 1. The molecule has 2 aromatic rings. The van der Waals surface area contributed by atoms with Gasteiger partial charge in [-0.25, -0.2) is 9.78 Å². The van der Waals surface area contributed by atoms with E-state index in [4.69, 9.17) is 9.84 Å². The predicted octanol–water partition coefficient (Wildman–Crippen LogP) is 3.36. The summed E-state index contributed by atoms with van der Waals surface area (Å²) in [7, 11) is 0. The van der Waals surface area contributed by atoms with Crippen LogP contribution in [0.2, 0.25) is 0 Å². The number of thiazole rings is 1. The van der Waals surface area contributed by atoms with E-state index in [-0.39, 0.29) is 10.3 Å². The molecule has 0 saturated heterocycles. The van der Waals surface area contributed by atoms with Crippen molar-refractivity contribution in [3.8, 4) is 22.4 Å². The van der Waals surface area contributed by atoms with Crippen molar-refractivity contribution < 1.29 is 14.6 Å². The van der Waals surface area contributed by atoms with Crippen LogP contribution in [0.5, 0.6) is 5.75 Å². The smallest absolute Gasteiger partial charge is 0.347 e. The lowest BCUT2D eigenvalue weighted by Gasteiger charge is -2.15. The Morgan fingerprint density at radius 2 is 2.23 bits per heavy atom. The molecule has 0 saturated carbocycles. The van der Waals surface area contributed by atoms with Crippen molar-refractivity contribution >= 4 is 17.3 Å². The predicted molar refractivity (Wildman–Crippen MR) is 82.5 cm³/mol. The summed E-state index contributed by atoms with van der Waals surface area (Å²) < 4.78 is 5.66. The summed E-state index contributed by atoms with van der Waals surface area (Å²) in [6.07, 6.45) is 0. The summed E-state index contributed by atoms with van der Waals surface area (Å²) in [6.45, 7) is 6.31. The molecule has 0 aliphatic carbocycles. The number of nitriles is 1. The van der Waals surface area contributed by atoms with Crippen LogP contribution >= 0.6 is 11.3 Å². The fourth-order valence-electron chi connectivity index (χ4n) is 2.54. The molecule has 0 unspecified atom stereocenters. The standard InChI is InChI=1S/C16H14N2O3S/c1-8-13(15(19)20)22-14(18-8)9-4-10(6-17)12-11(5-9)16(2,3)7-21-12/h4-5H,7H2,1-3H3,(H,19,20). The number of nitrogens with zero attached hydrogens (tertiary/aromatic N) is 2. The van der Waals surface area contributed by atoms with E-state index in [0.717, 1.165) is 22.5 Å². The number of carbonyl (C=O) groups is 1. The Labute approximate surface area is 131 Å². The SMILES string of the molecule is Cc1nc(-c2cc(C#N)c3c(c2)C(C)(C)CO3)sc1C(=O)O. The van der Waals surface area contributed by atoms with E-state index in [1.165, 1.54) is 0 Å². The van der Waals surface area contributed by atoms with Crippen molar-refractivity contribution in [3.05, 3.63) is 33.8 Å². The Bertz CT molecular complexity index is 831. The van der Waals surface area contributed by atoms with Crippen molar-refractivity contribution in [1.29, 1.82) is 5.26 Å². The van der Waals surface area contributed by atoms with Gasteiger partial charge in [-0.15, -0.1) is 11.3 Å². The monoisotopic (exact) mass is 314 g/mol. The van der Waals surface area contributed by atoms with Gasteiger partial charge in [-0.3, -0.25) is 0 Å². The largest absolute Gasteiger partial charge is 0.491 e. The zero-order valence-electron chi connectivity index (χ0n) is 12.4. The Balaban J connectivity index is 2.19. The third-order valence-corrected chi connectivity index (χ3v) is 4.95. The highest BCUT2D eigenvalue weighted by Gasteiger charge is 2.34. The molecular weight excluding hydrogens is 300 g/mol. The van der Waals surface area contributed by atoms with Gasteiger partial charge in [-0.2, -0.15) is 5.26 Å². The van der Waals surface area contributed by atoms with E-state index in [2.05, 4.69) is 24.9 Å². The molecule has 5 nitrogen and oxygen atoms in total. The number of aryl methyl sites for hydroxylation is 1. The number of ether oxygens (including phenoxy) is 1. The van der Waals surface area contributed by atoms with Crippen LogP contribution in [0.3, 0.4) is 0 Å². The van der Waals surface area contributed by atoms with Gasteiger partial charge in [-0.1, -0.05) is 13.8 Å². The number of hydrogen-bond acceptors (Lipinski definition) is 5. The van der Waals surface area contributed by atoms with E-state index in [9.17, 15) is 10.1 Å². The van der Waals surface area contributed by atoms with Gasteiger partial charge in [0, 0.05) is 16.5 Å². The second kappa shape index (κ2) is 4.82. The lowest BCUT2D eigenvalue weighted by atomic mass is 9.85. The number of benzene rings is 1. The molecule has 1 aliphatic heterocycles. The zero-order chi connectivity index (χ0) is 16.1. The molecule has 0 spiro atoms. The van der Waals surface area contributed by atoms with Gasteiger partial charge < -0.3 is 9.84 Å².